The fraction of sp³-hybridized carbons (Fsp3) is 0.467. The number of methoxy groups -OCH3 is 1. The highest BCUT2D eigenvalue weighted by Crippen LogP contribution is 2.32. The number of ether oxygens (including phenoxy) is 1. The van der Waals surface area contributed by atoms with Gasteiger partial charge in [0, 0.05) is 11.0 Å². The zero-order chi connectivity index (χ0) is 14.0. The third kappa shape index (κ3) is 3.41. The Labute approximate surface area is 109 Å². The molecule has 0 aliphatic rings. The number of hydrogen-bond acceptors (Lipinski definition) is 3. The minimum absolute atomic E-state index is 0.169. The molecule has 3 heteroatoms. The maximum Gasteiger partial charge on any atom is 0.150 e. The maximum absolute atomic E-state index is 10.4. The highest BCUT2D eigenvalue weighted by atomic mass is 16.5. The van der Waals surface area contributed by atoms with Crippen LogP contribution < -0.4 is 10.5 Å². The van der Waals surface area contributed by atoms with Gasteiger partial charge in [-0.2, -0.15) is 0 Å². The molecule has 0 amide bonds. The van der Waals surface area contributed by atoms with E-state index in [1.807, 2.05) is 20.8 Å². The van der Waals surface area contributed by atoms with Gasteiger partial charge >= 0.3 is 0 Å². The van der Waals surface area contributed by atoms with E-state index in [4.69, 9.17) is 10.5 Å². The van der Waals surface area contributed by atoms with Gasteiger partial charge in [-0.3, -0.25) is 0 Å². The fourth-order valence-corrected chi connectivity index (χ4v) is 1.52. The number of nitrogens with two attached hydrogens (primary N) is 1. The van der Waals surface area contributed by atoms with Crippen LogP contribution in [-0.2, 0) is 5.60 Å². The van der Waals surface area contributed by atoms with Gasteiger partial charge in [-0.15, -0.1) is 0 Å². The SMILES string of the molecule is COc1cccc(C(C)(O)C#CC(C)(C)C)c1N. The highest BCUT2D eigenvalue weighted by molar-refractivity contribution is 5.61. The summed E-state index contributed by atoms with van der Waals surface area (Å²) in [6, 6.07) is 5.30. The minimum Gasteiger partial charge on any atom is -0.495 e. The molecule has 1 rings (SSSR count). The van der Waals surface area contributed by atoms with Gasteiger partial charge in [-0.1, -0.05) is 24.0 Å². The first-order valence-electron chi connectivity index (χ1n) is 5.87. The first-order chi connectivity index (χ1) is 8.17. The van der Waals surface area contributed by atoms with Crippen molar-refractivity contribution in [2.24, 2.45) is 5.41 Å². The van der Waals surface area contributed by atoms with Crippen LogP contribution in [0.5, 0.6) is 5.75 Å². The molecule has 1 aromatic rings. The van der Waals surface area contributed by atoms with Gasteiger partial charge in [0.25, 0.3) is 0 Å². The summed E-state index contributed by atoms with van der Waals surface area (Å²) in [4.78, 5) is 0. The molecular weight excluding hydrogens is 226 g/mol. The molecule has 0 aromatic heterocycles. The van der Waals surface area contributed by atoms with Crippen molar-refractivity contribution < 1.29 is 9.84 Å². The van der Waals surface area contributed by atoms with Crippen LogP contribution in [-0.4, -0.2) is 12.2 Å². The van der Waals surface area contributed by atoms with Gasteiger partial charge in [0.2, 0.25) is 0 Å². The van der Waals surface area contributed by atoms with E-state index in [-0.39, 0.29) is 5.41 Å². The molecule has 1 unspecified atom stereocenters. The summed E-state index contributed by atoms with van der Waals surface area (Å²) in [5.74, 6) is 6.45. The Hall–Kier alpha value is -1.66. The molecule has 0 spiro atoms. The van der Waals surface area contributed by atoms with Crippen LogP contribution in [0.15, 0.2) is 18.2 Å². The minimum atomic E-state index is -1.29. The molecule has 18 heavy (non-hydrogen) atoms. The van der Waals surface area contributed by atoms with Crippen molar-refractivity contribution in [3.8, 4) is 17.6 Å². The molecule has 0 bridgehead atoms. The van der Waals surface area contributed by atoms with Crippen molar-refractivity contribution in [2.45, 2.75) is 33.3 Å². The van der Waals surface area contributed by atoms with Gasteiger partial charge in [0.1, 0.15) is 11.4 Å². The first kappa shape index (κ1) is 14.4. The van der Waals surface area contributed by atoms with Crippen LogP contribution >= 0.6 is 0 Å². The van der Waals surface area contributed by atoms with Crippen LogP contribution in [0.2, 0.25) is 0 Å². The van der Waals surface area contributed by atoms with Crippen LogP contribution in [0.1, 0.15) is 33.3 Å². The molecule has 3 N–H and O–H groups in total. The zero-order valence-electron chi connectivity index (χ0n) is 11.7. The van der Waals surface area contributed by atoms with E-state index >= 15 is 0 Å². The Morgan fingerprint density at radius 3 is 2.28 bits per heavy atom. The van der Waals surface area contributed by atoms with Gasteiger partial charge < -0.3 is 15.6 Å². The molecule has 0 saturated carbocycles. The molecule has 0 heterocycles. The molecule has 1 aromatic carbocycles. The molecule has 3 nitrogen and oxygen atoms in total. The number of benzene rings is 1. The van der Waals surface area contributed by atoms with Crippen LogP contribution in [0.4, 0.5) is 5.69 Å². The second-order valence-corrected chi connectivity index (χ2v) is 5.49. The van der Waals surface area contributed by atoms with Gasteiger partial charge in [0.15, 0.2) is 0 Å². The van der Waals surface area contributed by atoms with Crippen molar-refractivity contribution in [1.29, 1.82) is 0 Å². The summed E-state index contributed by atoms with van der Waals surface area (Å²) in [5, 5.41) is 10.4. The van der Waals surface area contributed by atoms with E-state index in [9.17, 15) is 5.11 Å². The lowest BCUT2D eigenvalue weighted by Crippen LogP contribution is -2.21. The fourth-order valence-electron chi connectivity index (χ4n) is 1.52. The number of para-hydroxylation sites is 1. The second kappa shape index (κ2) is 4.91. The normalized spacial score (nSPS) is 14.3. The molecular formula is C15H21NO2. The van der Waals surface area contributed by atoms with Gasteiger partial charge in [-0.05, 0) is 33.8 Å². The van der Waals surface area contributed by atoms with Crippen molar-refractivity contribution in [3.63, 3.8) is 0 Å². The Morgan fingerprint density at radius 1 is 1.17 bits per heavy atom. The van der Waals surface area contributed by atoms with Crippen LogP contribution in [0.3, 0.4) is 0 Å². The number of aliphatic hydroxyl groups is 1. The third-order valence-corrected chi connectivity index (χ3v) is 2.49. The van der Waals surface area contributed by atoms with Crippen molar-refractivity contribution in [1.82, 2.24) is 0 Å². The molecule has 98 valence electrons. The predicted octanol–water partition coefficient (Wildman–Crippen LogP) is 2.53. The van der Waals surface area contributed by atoms with E-state index in [1.165, 1.54) is 0 Å². The number of rotatable bonds is 2. The lowest BCUT2D eigenvalue weighted by molar-refractivity contribution is 0.122. The summed E-state index contributed by atoms with van der Waals surface area (Å²) in [6.45, 7) is 7.61. The van der Waals surface area contributed by atoms with E-state index in [1.54, 1.807) is 32.2 Å². The lowest BCUT2D eigenvalue weighted by atomic mass is 9.91. The monoisotopic (exact) mass is 247 g/mol. The van der Waals surface area contributed by atoms with E-state index in [0.717, 1.165) is 0 Å². The standard InChI is InChI=1S/C15H21NO2/c1-14(2,3)9-10-15(4,17)11-7-6-8-12(18-5)13(11)16/h6-8,17H,16H2,1-5H3. The van der Waals surface area contributed by atoms with Crippen LogP contribution in [0, 0.1) is 17.3 Å². The largest absolute Gasteiger partial charge is 0.495 e. The van der Waals surface area contributed by atoms with E-state index in [0.29, 0.717) is 17.0 Å². The topological polar surface area (TPSA) is 55.5 Å². The predicted molar refractivity (Wildman–Crippen MR) is 74.2 cm³/mol. The molecule has 1 atom stereocenters. The van der Waals surface area contributed by atoms with Gasteiger partial charge in [-0.25, -0.2) is 0 Å². The summed E-state index contributed by atoms with van der Waals surface area (Å²) in [6.07, 6.45) is 0. The number of anilines is 1. The summed E-state index contributed by atoms with van der Waals surface area (Å²) < 4.78 is 5.14. The Bertz CT molecular complexity index is 487. The maximum atomic E-state index is 10.4. The average Bonchev–Trinajstić information content (AvgIpc) is 2.26. The van der Waals surface area contributed by atoms with Crippen molar-refractivity contribution in [2.75, 3.05) is 12.8 Å². The summed E-state index contributed by atoms with van der Waals surface area (Å²) in [5.41, 5.74) is 5.50. The Morgan fingerprint density at radius 2 is 1.78 bits per heavy atom. The first-order valence-corrected chi connectivity index (χ1v) is 5.87. The quantitative estimate of drug-likeness (QED) is 0.623. The zero-order valence-corrected chi connectivity index (χ0v) is 11.7. The molecule has 0 fully saturated rings. The average molecular weight is 247 g/mol. The molecule has 0 aliphatic carbocycles. The Kier molecular flexibility index (Phi) is 3.93. The lowest BCUT2D eigenvalue weighted by Gasteiger charge is -2.21. The third-order valence-electron chi connectivity index (χ3n) is 2.49. The highest BCUT2D eigenvalue weighted by Gasteiger charge is 2.25. The number of hydrogen-bond donors (Lipinski definition) is 2. The van der Waals surface area contributed by atoms with Crippen molar-refractivity contribution >= 4 is 5.69 Å². The van der Waals surface area contributed by atoms with E-state index in [2.05, 4.69) is 11.8 Å². The summed E-state index contributed by atoms with van der Waals surface area (Å²) >= 11 is 0. The van der Waals surface area contributed by atoms with E-state index < -0.39 is 5.60 Å². The number of nitrogen functional groups attached to an aromatic ring is 1. The molecule has 0 radical (unpaired) electrons. The molecule has 0 saturated heterocycles. The molecule has 0 aliphatic heterocycles. The van der Waals surface area contributed by atoms with Gasteiger partial charge in [0.05, 0.1) is 12.8 Å². The van der Waals surface area contributed by atoms with Crippen molar-refractivity contribution in [3.05, 3.63) is 23.8 Å². The summed E-state index contributed by atoms with van der Waals surface area (Å²) in [7, 11) is 1.55. The Balaban J connectivity index is 3.23. The smallest absolute Gasteiger partial charge is 0.150 e. The van der Waals surface area contributed by atoms with Crippen LogP contribution in [0.25, 0.3) is 0 Å². The second-order valence-electron chi connectivity index (χ2n) is 5.49.